The monoisotopic (exact) mass is 291 g/mol. The minimum Gasteiger partial charge on any atom is -0.399 e. The Morgan fingerprint density at radius 2 is 1.75 bits per heavy atom. The molecule has 0 fully saturated rings. The molecule has 0 aromatic heterocycles. The molecule has 0 radical (unpaired) electrons. The molecule has 0 heterocycles. The van der Waals surface area contributed by atoms with Gasteiger partial charge in [-0.05, 0) is 42.8 Å². The van der Waals surface area contributed by atoms with Crippen LogP contribution < -0.4 is 15.8 Å². The zero-order valence-electron chi connectivity index (χ0n) is 11.4. The van der Waals surface area contributed by atoms with E-state index >= 15 is 0 Å². The van der Waals surface area contributed by atoms with Crippen molar-refractivity contribution in [1.29, 1.82) is 0 Å². The lowest BCUT2D eigenvalue weighted by Crippen LogP contribution is -2.15. The van der Waals surface area contributed by atoms with Crippen molar-refractivity contribution in [2.24, 2.45) is 5.14 Å². The van der Waals surface area contributed by atoms with E-state index < -0.39 is 10.0 Å². The Labute approximate surface area is 118 Å². The lowest BCUT2D eigenvalue weighted by Gasteiger charge is -2.21. The first-order valence-corrected chi connectivity index (χ1v) is 7.56. The van der Waals surface area contributed by atoms with E-state index in [1.165, 1.54) is 12.1 Å². The number of nitrogens with two attached hydrogens (primary N) is 2. The summed E-state index contributed by atoms with van der Waals surface area (Å²) in [5.74, 6) is 0. The predicted octanol–water partition coefficient (Wildman–Crippen LogP) is 1.99. The number of benzene rings is 2. The maximum absolute atomic E-state index is 11.5. The average molecular weight is 291 g/mol. The zero-order chi connectivity index (χ0) is 14.9. The van der Waals surface area contributed by atoms with Gasteiger partial charge >= 0.3 is 0 Å². The quantitative estimate of drug-likeness (QED) is 0.846. The van der Waals surface area contributed by atoms with Crippen LogP contribution in [-0.4, -0.2) is 15.5 Å². The molecule has 2 aromatic rings. The third-order valence-corrected chi connectivity index (χ3v) is 3.91. The van der Waals surface area contributed by atoms with Gasteiger partial charge in [0.1, 0.15) is 0 Å². The number of rotatable bonds is 3. The molecule has 2 aromatic carbocycles. The minimum atomic E-state index is -3.78. The van der Waals surface area contributed by atoms with Crippen molar-refractivity contribution in [3.8, 4) is 0 Å². The molecule has 106 valence electrons. The molecule has 0 amide bonds. The number of nitrogens with zero attached hydrogens (tertiary/aromatic N) is 1. The lowest BCUT2D eigenvalue weighted by atomic mass is 10.2. The summed E-state index contributed by atoms with van der Waals surface area (Å²) < 4.78 is 22.9. The van der Waals surface area contributed by atoms with Gasteiger partial charge in [-0.15, -0.1) is 0 Å². The van der Waals surface area contributed by atoms with Gasteiger partial charge in [0.15, 0.2) is 0 Å². The van der Waals surface area contributed by atoms with Crippen LogP contribution in [0.2, 0.25) is 0 Å². The van der Waals surface area contributed by atoms with E-state index in [0.717, 1.165) is 11.3 Å². The first-order chi connectivity index (χ1) is 9.27. The van der Waals surface area contributed by atoms with E-state index in [9.17, 15) is 8.42 Å². The van der Waals surface area contributed by atoms with Crippen molar-refractivity contribution in [3.63, 3.8) is 0 Å². The Morgan fingerprint density at radius 1 is 1.05 bits per heavy atom. The summed E-state index contributed by atoms with van der Waals surface area (Å²) in [4.78, 5) is 1.87. The van der Waals surface area contributed by atoms with Gasteiger partial charge in [-0.3, -0.25) is 0 Å². The van der Waals surface area contributed by atoms with Crippen molar-refractivity contribution in [2.75, 3.05) is 17.7 Å². The Kier molecular flexibility index (Phi) is 3.69. The fraction of sp³-hybridized carbons (Fsp3) is 0.143. The highest BCUT2D eigenvalue weighted by Gasteiger charge is 2.12. The molecule has 0 aliphatic carbocycles. The molecule has 0 aliphatic heterocycles. The number of sulfonamides is 1. The molecule has 0 spiro atoms. The molecule has 0 saturated carbocycles. The Bertz CT molecular complexity index is 742. The number of primary sulfonamides is 1. The first-order valence-electron chi connectivity index (χ1n) is 6.01. The minimum absolute atomic E-state index is 0.00648. The third-order valence-electron chi connectivity index (χ3n) is 3.02. The second-order valence-electron chi connectivity index (χ2n) is 4.70. The zero-order valence-corrected chi connectivity index (χ0v) is 12.2. The van der Waals surface area contributed by atoms with Crippen molar-refractivity contribution >= 4 is 27.1 Å². The van der Waals surface area contributed by atoms with Gasteiger partial charge in [0.2, 0.25) is 10.0 Å². The van der Waals surface area contributed by atoms with Gasteiger partial charge in [-0.2, -0.15) is 0 Å². The molecule has 0 aliphatic rings. The smallest absolute Gasteiger partial charge is 0.238 e. The van der Waals surface area contributed by atoms with Crippen LogP contribution in [0.3, 0.4) is 0 Å². The lowest BCUT2D eigenvalue weighted by molar-refractivity contribution is 0.598. The summed E-state index contributed by atoms with van der Waals surface area (Å²) in [5.41, 5.74) is 8.83. The highest BCUT2D eigenvalue weighted by atomic mass is 32.2. The van der Waals surface area contributed by atoms with Gasteiger partial charge in [-0.25, -0.2) is 13.6 Å². The molecule has 20 heavy (non-hydrogen) atoms. The summed E-state index contributed by atoms with van der Waals surface area (Å²) in [6.45, 7) is 1.99. The van der Waals surface area contributed by atoms with Gasteiger partial charge in [0.25, 0.3) is 0 Å². The molecule has 0 atom stereocenters. The largest absolute Gasteiger partial charge is 0.399 e. The first kappa shape index (κ1) is 14.4. The summed E-state index contributed by atoms with van der Waals surface area (Å²) in [6.07, 6.45) is 0. The standard InChI is InChI=1S/C14H17N3O2S/c1-10-4-3-5-12(6-10)17(2)13-7-11(15)8-14(9-13)20(16,18)19/h3-9H,15H2,1-2H3,(H2,16,18,19). The SMILES string of the molecule is Cc1cccc(N(C)c2cc(N)cc(S(N)(=O)=O)c2)c1. The Morgan fingerprint density at radius 3 is 2.35 bits per heavy atom. The molecule has 5 nitrogen and oxygen atoms in total. The van der Waals surface area contributed by atoms with Crippen LogP contribution in [0, 0.1) is 6.92 Å². The van der Waals surface area contributed by atoms with Crippen molar-refractivity contribution in [3.05, 3.63) is 48.0 Å². The molecular weight excluding hydrogens is 274 g/mol. The van der Waals surface area contributed by atoms with Crippen molar-refractivity contribution < 1.29 is 8.42 Å². The molecule has 2 rings (SSSR count). The Balaban J connectivity index is 2.50. The number of nitrogen functional groups attached to an aromatic ring is 1. The topological polar surface area (TPSA) is 89.4 Å². The van der Waals surface area contributed by atoms with Crippen molar-refractivity contribution in [2.45, 2.75) is 11.8 Å². The van der Waals surface area contributed by atoms with E-state index in [4.69, 9.17) is 10.9 Å². The normalized spacial score (nSPS) is 11.3. The van der Waals surface area contributed by atoms with Gasteiger partial charge in [0.05, 0.1) is 4.90 Å². The van der Waals surface area contributed by atoms with Gasteiger partial charge in [-0.1, -0.05) is 12.1 Å². The maximum Gasteiger partial charge on any atom is 0.238 e. The van der Waals surface area contributed by atoms with E-state index in [1.54, 1.807) is 6.07 Å². The summed E-state index contributed by atoms with van der Waals surface area (Å²) in [6, 6.07) is 12.4. The van der Waals surface area contributed by atoms with Crippen LogP contribution in [0.5, 0.6) is 0 Å². The van der Waals surface area contributed by atoms with E-state index in [2.05, 4.69) is 0 Å². The van der Waals surface area contributed by atoms with E-state index in [1.807, 2.05) is 43.1 Å². The predicted molar refractivity (Wildman–Crippen MR) is 81.5 cm³/mol. The fourth-order valence-electron chi connectivity index (χ4n) is 1.95. The van der Waals surface area contributed by atoms with Crippen molar-refractivity contribution in [1.82, 2.24) is 0 Å². The van der Waals surface area contributed by atoms with Crippen LogP contribution in [-0.2, 0) is 10.0 Å². The van der Waals surface area contributed by atoms with Gasteiger partial charge in [0, 0.05) is 24.1 Å². The van der Waals surface area contributed by atoms with Crippen LogP contribution in [0.4, 0.5) is 17.1 Å². The Hall–Kier alpha value is -2.05. The van der Waals surface area contributed by atoms with Crippen LogP contribution >= 0.6 is 0 Å². The van der Waals surface area contributed by atoms with Gasteiger partial charge < -0.3 is 10.6 Å². The maximum atomic E-state index is 11.5. The van der Waals surface area contributed by atoms with Crippen LogP contribution in [0.1, 0.15) is 5.56 Å². The van der Waals surface area contributed by atoms with E-state index in [0.29, 0.717) is 11.4 Å². The van der Waals surface area contributed by atoms with E-state index in [-0.39, 0.29) is 4.90 Å². The fourth-order valence-corrected chi connectivity index (χ4v) is 2.53. The molecule has 0 bridgehead atoms. The number of hydrogen-bond donors (Lipinski definition) is 2. The molecule has 4 N–H and O–H groups in total. The average Bonchev–Trinajstić information content (AvgIpc) is 2.36. The number of anilines is 3. The number of aryl methyl sites for hydroxylation is 1. The molecule has 0 saturated heterocycles. The summed E-state index contributed by atoms with van der Waals surface area (Å²) in [7, 11) is -1.93. The number of hydrogen-bond acceptors (Lipinski definition) is 4. The van der Waals surface area contributed by atoms with Crippen LogP contribution in [0.15, 0.2) is 47.4 Å². The third kappa shape index (κ3) is 3.09. The molecule has 0 unspecified atom stereocenters. The van der Waals surface area contributed by atoms with Crippen LogP contribution in [0.25, 0.3) is 0 Å². The summed E-state index contributed by atoms with van der Waals surface area (Å²) in [5, 5.41) is 5.16. The highest BCUT2D eigenvalue weighted by Crippen LogP contribution is 2.28. The highest BCUT2D eigenvalue weighted by molar-refractivity contribution is 7.89. The molecular formula is C14H17N3O2S. The second-order valence-corrected chi connectivity index (χ2v) is 6.26. The summed E-state index contributed by atoms with van der Waals surface area (Å²) >= 11 is 0. The molecule has 6 heteroatoms. The second kappa shape index (κ2) is 5.15.